The number of halogens is 2. The fraction of sp³-hybridized carbons (Fsp3) is 0.600. The van der Waals surface area contributed by atoms with E-state index in [1.54, 1.807) is 22.0 Å². The Labute approximate surface area is 178 Å². The SMILES string of the molecule is O=C([C@@H]1CC1(F)F)N1[C@@H]2CC[C@H]1CN(c1ccnc(Nc3cnn(CCCO)c3)n1)C2. The van der Waals surface area contributed by atoms with Crippen LogP contribution in [0, 0.1) is 5.92 Å². The number of aryl methyl sites for hydroxylation is 1. The van der Waals surface area contributed by atoms with Crippen LogP contribution in [0.15, 0.2) is 24.7 Å². The molecule has 3 atom stereocenters. The number of piperazine rings is 1. The normalized spacial score (nSPS) is 26.2. The van der Waals surface area contributed by atoms with Gasteiger partial charge in [-0.3, -0.25) is 9.48 Å². The van der Waals surface area contributed by atoms with Crippen molar-refractivity contribution in [2.24, 2.45) is 5.92 Å². The molecule has 2 N–H and O–H groups in total. The lowest BCUT2D eigenvalue weighted by Crippen LogP contribution is -2.56. The monoisotopic (exact) mass is 433 g/mol. The van der Waals surface area contributed by atoms with Crippen LogP contribution in [-0.4, -0.2) is 73.4 Å². The first-order chi connectivity index (χ1) is 14.9. The van der Waals surface area contributed by atoms with Crippen LogP contribution in [0.25, 0.3) is 0 Å². The number of fused-ring (bicyclic) bond motifs is 2. The Morgan fingerprint density at radius 1 is 1.29 bits per heavy atom. The Kier molecular flexibility index (Phi) is 4.99. The Hall–Kier alpha value is -2.82. The number of aliphatic hydroxyl groups excluding tert-OH is 1. The summed E-state index contributed by atoms with van der Waals surface area (Å²) in [6.07, 6.45) is 7.13. The third kappa shape index (κ3) is 3.93. The molecule has 4 heterocycles. The third-order valence-corrected chi connectivity index (χ3v) is 6.26. The maximum absolute atomic E-state index is 13.4. The van der Waals surface area contributed by atoms with Gasteiger partial charge in [0.1, 0.15) is 11.7 Å². The first-order valence-corrected chi connectivity index (χ1v) is 10.6. The third-order valence-electron chi connectivity index (χ3n) is 6.26. The van der Waals surface area contributed by atoms with E-state index >= 15 is 0 Å². The minimum absolute atomic E-state index is 0.0567. The molecule has 2 bridgehead atoms. The van der Waals surface area contributed by atoms with Crippen molar-refractivity contribution in [1.82, 2.24) is 24.6 Å². The molecule has 1 amide bonds. The Morgan fingerprint density at radius 3 is 2.71 bits per heavy atom. The van der Waals surface area contributed by atoms with Gasteiger partial charge in [0, 0.05) is 57.1 Å². The molecule has 2 aromatic heterocycles. The lowest BCUT2D eigenvalue weighted by atomic mass is 10.1. The number of hydrogen-bond donors (Lipinski definition) is 2. The van der Waals surface area contributed by atoms with Gasteiger partial charge in [-0.2, -0.15) is 10.1 Å². The molecule has 1 aliphatic carbocycles. The zero-order valence-corrected chi connectivity index (χ0v) is 17.0. The summed E-state index contributed by atoms with van der Waals surface area (Å²) < 4.78 is 28.5. The summed E-state index contributed by atoms with van der Waals surface area (Å²) in [5.41, 5.74) is 0.746. The average Bonchev–Trinajstić information content (AvgIpc) is 3.04. The van der Waals surface area contributed by atoms with Crippen molar-refractivity contribution in [2.45, 2.75) is 50.2 Å². The second kappa shape index (κ2) is 7.70. The van der Waals surface area contributed by atoms with E-state index in [0.717, 1.165) is 24.3 Å². The van der Waals surface area contributed by atoms with Crippen LogP contribution >= 0.6 is 0 Å². The van der Waals surface area contributed by atoms with E-state index in [0.29, 0.717) is 32.0 Å². The zero-order chi connectivity index (χ0) is 21.6. The molecule has 31 heavy (non-hydrogen) atoms. The van der Waals surface area contributed by atoms with Gasteiger partial charge in [-0.05, 0) is 25.3 Å². The quantitative estimate of drug-likeness (QED) is 0.685. The van der Waals surface area contributed by atoms with Crippen LogP contribution in [-0.2, 0) is 11.3 Å². The van der Waals surface area contributed by atoms with Gasteiger partial charge < -0.3 is 20.2 Å². The Bertz CT molecular complexity index is 955. The number of hydrogen-bond acceptors (Lipinski definition) is 7. The molecular weight excluding hydrogens is 408 g/mol. The summed E-state index contributed by atoms with van der Waals surface area (Å²) in [5.74, 6) is -3.17. The predicted octanol–water partition coefficient (Wildman–Crippen LogP) is 1.63. The summed E-state index contributed by atoms with van der Waals surface area (Å²) in [7, 11) is 0. The number of aliphatic hydroxyl groups is 1. The van der Waals surface area contributed by atoms with E-state index in [9.17, 15) is 13.6 Å². The zero-order valence-electron chi connectivity index (χ0n) is 17.0. The van der Waals surface area contributed by atoms with Gasteiger partial charge in [0.2, 0.25) is 11.9 Å². The second-order valence-electron chi connectivity index (χ2n) is 8.49. The van der Waals surface area contributed by atoms with Crippen molar-refractivity contribution >= 4 is 23.4 Å². The van der Waals surface area contributed by atoms with Crippen LogP contribution in [0.1, 0.15) is 25.7 Å². The molecule has 11 heteroatoms. The minimum Gasteiger partial charge on any atom is -0.396 e. The van der Waals surface area contributed by atoms with Crippen molar-refractivity contribution in [3.05, 3.63) is 24.7 Å². The number of rotatable bonds is 7. The highest BCUT2D eigenvalue weighted by atomic mass is 19.3. The van der Waals surface area contributed by atoms with Gasteiger partial charge in [-0.15, -0.1) is 0 Å². The fourth-order valence-electron chi connectivity index (χ4n) is 4.61. The number of aromatic nitrogens is 4. The van der Waals surface area contributed by atoms with Crippen LogP contribution in [0.2, 0.25) is 0 Å². The maximum Gasteiger partial charge on any atom is 0.260 e. The maximum atomic E-state index is 13.4. The van der Waals surface area contributed by atoms with Gasteiger partial charge in [-0.25, -0.2) is 13.8 Å². The minimum atomic E-state index is -2.83. The fourth-order valence-corrected chi connectivity index (χ4v) is 4.61. The number of nitrogens with zero attached hydrogens (tertiary/aromatic N) is 6. The topological polar surface area (TPSA) is 99.4 Å². The van der Waals surface area contributed by atoms with Crippen molar-refractivity contribution < 1.29 is 18.7 Å². The van der Waals surface area contributed by atoms with E-state index in [1.165, 1.54) is 0 Å². The highest BCUT2D eigenvalue weighted by Crippen LogP contribution is 2.51. The van der Waals surface area contributed by atoms with Crippen LogP contribution in [0.3, 0.4) is 0 Å². The molecule has 0 unspecified atom stereocenters. The lowest BCUT2D eigenvalue weighted by Gasteiger charge is -2.41. The number of carbonyl (C=O) groups is 1. The van der Waals surface area contributed by atoms with Crippen LogP contribution in [0.4, 0.5) is 26.2 Å². The van der Waals surface area contributed by atoms with Crippen molar-refractivity contribution in [2.75, 3.05) is 29.9 Å². The molecule has 2 saturated heterocycles. The van der Waals surface area contributed by atoms with Crippen LogP contribution < -0.4 is 10.2 Å². The molecule has 0 radical (unpaired) electrons. The molecule has 3 fully saturated rings. The molecule has 1 saturated carbocycles. The molecule has 2 aromatic rings. The Balaban J connectivity index is 1.25. The van der Waals surface area contributed by atoms with Crippen molar-refractivity contribution in [3.63, 3.8) is 0 Å². The molecule has 0 aromatic carbocycles. The van der Waals surface area contributed by atoms with Crippen molar-refractivity contribution in [3.8, 4) is 0 Å². The molecule has 5 rings (SSSR count). The van der Waals surface area contributed by atoms with Crippen molar-refractivity contribution in [1.29, 1.82) is 0 Å². The number of amides is 1. The van der Waals surface area contributed by atoms with Gasteiger partial charge in [-0.1, -0.05) is 0 Å². The number of anilines is 3. The number of alkyl halides is 2. The van der Waals surface area contributed by atoms with E-state index in [4.69, 9.17) is 5.11 Å². The Morgan fingerprint density at radius 2 is 2.03 bits per heavy atom. The number of nitrogens with one attached hydrogen (secondary N) is 1. The summed E-state index contributed by atoms with van der Waals surface area (Å²) in [4.78, 5) is 25.3. The summed E-state index contributed by atoms with van der Waals surface area (Å²) >= 11 is 0. The molecule has 3 aliphatic rings. The molecular formula is C20H25F2N7O2. The largest absolute Gasteiger partial charge is 0.396 e. The molecule has 2 aliphatic heterocycles. The average molecular weight is 433 g/mol. The van der Waals surface area contributed by atoms with E-state index in [-0.39, 0.29) is 31.0 Å². The predicted molar refractivity (Wildman–Crippen MR) is 108 cm³/mol. The smallest absolute Gasteiger partial charge is 0.260 e. The standard InChI is InChI=1S/C20H25F2N7O2/c21-20(22)8-16(20)18(31)29-14-2-3-15(29)12-27(11-14)17-4-5-23-19(26-17)25-13-9-24-28(10-13)6-1-7-30/h4-5,9-10,14-16,30H,1-3,6-8,11-12H2,(H,23,25,26)/t14-,15+,16-/m0/s1. The summed E-state index contributed by atoms with van der Waals surface area (Å²) in [5, 5.41) is 16.3. The summed E-state index contributed by atoms with van der Waals surface area (Å²) in [6, 6.07) is 1.71. The van der Waals surface area contributed by atoms with Gasteiger partial charge >= 0.3 is 0 Å². The number of carbonyl (C=O) groups excluding carboxylic acids is 1. The second-order valence-corrected chi connectivity index (χ2v) is 8.49. The highest BCUT2D eigenvalue weighted by Gasteiger charge is 2.64. The van der Waals surface area contributed by atoms with Gasteiger partial charge in [0.15, 0.2) is 0 Å². The van der Waals surface area contributed by atoms with E-state index < -0.39 is 11.8 Å². The highest BCUT2D eigenvalue weighted by molar-refractivity contribution is 5.84. The molecule has 0 spiro atoms. The summed E-state index contributed by atoms with van der Waals surface area (Å²) in [6.45, 7) is 1.89. The van der Waals surface area contributed by atoms with Crippen LogP contribution in [0.5, 0.6) is 0 Å². The van der Waals surface area contributed by atoms with E-state index in [1.807, 2.05) is 12.3 Å². The first-order valence-electron chi connectivity index (χ1n) is 10.6. The first kappa shape index (κ1) is 20.1. The van der Waals surface area contributed by atoms with E-state index in [2.05, 4.69) is 25.3 Å². The molecule has 9 nitrogen and oxygen atoms in total. The lowest BCUT2D eigenvalue weighted by molar-refractivity contribution is -0.138. The van der Waals surface area contributed by atoms with Gasteiger partial charge in [0.05, 0.1) is 11.9 Å². The molecule has 166 valence electrons. The van der Waals surface area contributed by atoms with Gasteiger partial charge in [0.25, 0.3) is 5.92 Å².